The van der Waals surface area contributed by atoms with Gasteiger partial charge in [0.25, 0.3) is 10.0 Å². The van der Waals surface area contributed by atoms with Crippen LogP contribution in [0.15, 0.2) is 32.3 Å². The number of sulfonamides is 1. The maximum atomic E-state index is 12.5. The molecule has 3 rings (SSSR count). The van der Waals surface area contributed by atoms with Crippen molar-refractivity contribution in [2.75, 3.05) is 11.3 Å². The van der Waals surface area contributed by atoms with Gasteiger partial charge in [-0.1, -0.05) is 23.7 Å². The van der Waals surface area contributed by atoms with Crippen LogP contribution in [-0.2, 0) is 23.0 Å². The van der Waals surface area contributed by atoms with Gasteiger partial charge in [0.2, 0.25) is 0 Å². The average molecular weight is 408 g/mol. The Morgan fingerprint density at radius 2 is 2.19 bits per heavy atom. The molecule has 8 heteroatoms. The Labute approximate surface area is 140 Å². The highest BCUT2D eigenvalue weighted by Crippen LogP contribution is 2.36. The smallest absolute Gasteiger partial charge is 0.271 e. The molecular weight excluding hydrogens is 396 g/mol. The zero-order valence-electron chi connectivity index (χ0n) is 10.8. The van der Waals surface area contributed by atoms with E-state index in [2.05, 4.69) is 26.0 Å². The molecule has 0 fully saturated rings. The Morgan fingerprint density at radius 3 is 2.90 bits per heavy atom. The first kappa shape index (κ1) is 15.3. The molecule has 112 valence electrons. The summed E-state index contributed by atoms with van der Waals surface area (Å²) in [4.78, 5) is 0. The van der Waals surface area contributed by atoms with Crippen molar-refractivity contribution in [2.45, 2.75) is 17.2 Å². The van der Waals surface area contributed by atoms with Crippen LogP contribution in [0.4, 0.5) is 5.69 Å². The van der Waals surface area contributed by atoms with E-state index in [1.165, 1.54) is 6.07 Å². The van der Waals surface area contributed by atoms with E-state index in [0.717, 1.165) is 42.0 Å². The second-order valence-corrected chi connectivity index (χ2v) is 9.35. The molecule has 0 amide bonds. The predicted molar refractivity (Wildman–Crippen MR) is 89.7 cm³/mol. The lowest BCUT2D eigenvalue weighted by Gasteiger charge is -2.20. The highest BCUT2D eigenvalue weighted by molar-refractivity contribution is 9.11. The van der Waals surface area contributed by atoms with Crippen molar-refractivity contribution in [3.63, 3.8) is 0 Å². The summed E-state index contributed by atoms with van der Waals surface area (Å²) in [7, 11) is -3.61. The summed E-state index contributed by atoms with van der Waals surface area (Å²) in [5.41, 5.74) is 2.84. The van der Waals surface area contributed by atoms with Crippen LogP contribution in [0.1, 0.15) is 11.1 Å². The van der Waals surface area contributed by atoms with Gasteiger partial charge in [-0.3, -0.25) is 4.72 Å². The molecule has 4 nitrogen and oxygen atoms in total. The van der Waals surface area contributed by atoms with Crippen LogP contribution in [-0.4, -0.2) is 15.0 Å². The van der Waals surface area contributed by atoms with Gasteiger partial charge in [-0.05, 0) is 52.2 Å². The van der Waals surface area contributed by atoms with E-state index in [-0.39, 0.29) is 4.21 Å². The highest BCUT2D eigenvalue weighted by atomic mass is 79.9. The van der Waals surface area contributed by atoms with Crippen molar-refractivity contribution in [1.82, 2.24) is 5.32 Å². The topological polar surface area (TPSA) is 58.2 Å². The van der Waals surface area contributed by atoms with E-state index in [0.29, 0.717) is 14.5 Å². The molecule has 1 aromatic heterocycles. The van der Waals surface area contributed by atoms with E-state index in [4.69, 9.17) is 11.6 Å². The van der Waals surface area contributed by atoms with Crippen LogP contribution in [0.3, 0.4) is 0 Å². The van der Waals surface area contributed by atoms with Crippen molar-refractivity contribution >= 4 is 54.6 Å². The monoisotopic (exact) mass is 406 g/mol. The number of anilines is 1. The number of halogens is 2. The minimum Gasteiger partial charge on any atom is -0.312 e. The Balaban J connectivity index is 1.96. The van der Waals surface area contributed by atoms with Gasteiger partial charge in [0.1, 0.15) is 4.21 Å². The number of benzene rings is 1. The summed E-state index contributed by atoms with van der Waals surface area (Å²) >= 11 is 10.3. The van der Waals surface area contributed by atoms with Gasteiger partial charge in [0.15, 0.2) is 0 Å². The number of hydrogen-bond acceptors (Lipinski definition) is 4. The van der Waals surface area contributed by atoms with Crippen LogP contribution >= 0.6 is 38.9 Å². The third kappa shape index (κ3) is 3.12. The van der Waals surface area contributed by atoms with E-state index in [9.17, 15) is 8.42 Å². The molecule has 0 saturated heterocycles. The summed E-state index contributed by atoms with van der Waals surface area (Å²) in [5, 5.41) is 3.68. The second kappa shape index (κ2) is 5.89. The quantitative estimate of drug-likeness (QED) is 0.817. The number of rotatable bonds is 3. The minimum absolute atomic E-state index is 0.200. The Kier molecular flexibility index (Phi) is 4.29. The van der Waals surface area contributed by atoms with Gasteiger partial charge in [-0.15, -0.1) is 11.3 Å². The molecule has 2 N–H and O–H groups in total. The molecule has 0 spiro atoms. The summed E-state index contributed by atoms with van der Waals surface area (Å²) in [6.07, 6.45) is 0.808. The van der Waals surface area contributed by atoms with Crippen molar-refractivity contribution < 1.29 is 8.42 Å². The molecule has 0 unspecified atom stereocenters. The third-order valence-electron chi connectivity index (χ3n) is 3.27. The molecular formula is C13H12BrClN2O2S2. The van der Waals surface area contributed by atoms with Gasteiger partial charge in [0.05, 0.1) is 14.5 Å². The Hall–Kier alpha value is -0.600. The van der Waals surface area contributed by atoms with Crippen molar-refractivity contribution in [2.24, 2.45) is 0 Å². The molecule has 0 radical (unpaired) electrons. The number of thiophene rings is 1. The molecule has 1 aromatic carbocycles. The normalized spacial score (nSPS) is 14.8. The van der Waals surface area contributed by atoms with Gasteiger partial charge >= 0.3 is 0 Å². The van der Waals surface area contributed by atoms with Gasteiger partial charge < -0.3 is 5.32 Å². The van der Waals surface area contributed by atoms with Crippen LogP contribution < -0.4 is 10.0 Å². The van der Waals surface area contributed by atoms with E-state index < -0.39 is 10.0 Å². The third-order valence-corrected chi connectivity index (χ3v) is 7.59. The zero-order chi connectivity index (χ0) is 15.0. The van der Waals surface area contributed by atoms with E-state index in [1.807, 2.05) is 12.1 Å². The highest BCUT2D eigenvalue weighted by Gasteiger charge is 2.21. The van der Waals surface area contributed by atoms with Crippen molar-refractivity contribution in [1.29, 1.82) is 0 Å². The minimum atomic E-state index is -3.61. The first-order valence-corrected chi connectivity index (χ1v) is 9.73. The lowest BCUT2D eigenvalue weighted by molar-refractivity contribution is 0.602. The fourth-order valence-corrected chi connectivity index (χ4v) is 5.77. The SMILES string of the molecule is O=S(=O)(Nc1cccc2c1CCNC2)c1cc(Cl)c(Br)s1. The van der Waals surface area contributed by atoms with Crippen LogP contribution in [0.5, 0.6) is 0 Å². The van der Waals surface area contributed by atoms with Crippen LogP contribution in [0, 0.1) is 0 Å². The first-order chi connectivity index (χ1) is 9.97. The summed E-state index contributed by atoms with van der Waals surface area (Å²) in [6.45, 7) is 1.61. The molecule has 0 saturated carbocycles. The molecule has 0 aliphatic carbocycles. The first-order valence-electron chi connectivity index (χ1n) is 6.26. The molecule has 21 heavy (non-hydrogen) atoms. The fraction of sp³-hybridized carbons (Fsp3) is 0.231. The van der Waals surface area contributed by atoms with Crippen LogP contribution in [0.25, 0.3) is 0 Å². The number of fused-ring (bicyclic) bond motifs is 1. The summed E-state index contributed by atoms with van der Waals surface area (Å²) in [5.74, 6) is 0. The standard InChI is InChI=1S/C13H12BrClN2O2S2/c14-13-10(15)6-12(20-13)21(18,19)17-11-3-1-2-8-7-16-5-4-9(8)11/h1-3,6,16-17H,4-5,7H2. The van der Waals surface area contributed by atoms with Gasteiger partial charge in [-0.25, -0.2) is 8.42 Å². The molecule has 1 aliphatic heterocycles. The lowest BCUT2D eigenvalue weighted by atomic mass is 9.99. The number of hydrogen-bond donors (Lipinski definition) is 2. The molecule has 2 heterocycles. The average Bonchev–Trinajstić information content (AvgIpc) is 2.80. The van der Waals surface area contributed by atoms with Crippen LogP contribution in [0.2, 0.25) is 5.02 Å². The number of nitrogens with one attached hydrogen (secondary N) is 2. The van der Waals surface area contributed by atoms with Crippen molar-refractivity contribution in [3.05, 3.63) is 44.2 Å². The fourth-order valence-electron chi connectivity index (χ4n) is 2.28. The lowest BCUT2D eigenvalue weighted by Crippen LogP contribution is -2.25. The molecule has 0 atom stereocenters. The maximum absolute atomic E-state index is 12.5. The maximum Gasteiger partial charge on any atom is 0.271 e. The Morgan fingerprint density at radius 1 is 1.38 bits per heavy atom. The van der Waals surface area contributed by atoms with E-state index >= 15 is 0 Å². The van der Waals surface area contributed by atoms with E-state index in [1.54, 1.807) is 6.07 Å². The predicted octanol–water partition coefficient (Wildman–Crippen LogP) is 3.61. The molecule has 0 bridgehead atoms. The van der Waals surface area contributed by atoms with Gasteiger partial charge in [0, 0.05) is 6.54 Å². The van der Waals surface area contributed by atoms with Crippen molar-refractivity contribution in [3.8, 4) is 0 Å². The summed E-state index contributed by atoms with van der Waals surface area (Å²) in [6, 6.07) is 7.13. The Bertz CT molecular complexity index is 770. The van der Waals surface area contributed by atoms with Gasteiger partial charge in [-0.2, -0.15) is 0 Å². The molecule has 2 aromatic rings. The largest absolute Gasteiger partial charge is 0.312 e. The zero-order valence-corrected chi connectivity index (χ0v) is 14.8. The second-order valence-electron chi connectivity index (χ2n) is 4.66. The molecule has 1 aliphatic rings. The summed E-state index contributed by atoms with van der Waals surface area (Å²) < 4.78 is 28.4.